The predicted octanol–water partition coefficient (Wildman–Crippen LogP) is 3.21. The number of carbonyl (C=O) groups excluding carboxylic acids is 1. The van der Waals surface area contributed by atoms with Crippen molar-refractivity contribution < 1.29 is 13.7 Å². The summed E-state index contributed by atoms with van der Waals surface area (Å²) in [4.78, 5) is 16.3. The number of hydrogen-bond acceptors (Lipinski definition) is 5. The van der Waals surface area contributed by atoms with Gasteiger partial charge >= 0.3 is 5.97 Å². The molecule has 1 N–H and O–H groups in total. The molecule has 0 bridgehead atoms. The van der Waals surface area contributed by atoms with E-state index in [2.05, 4.69) is 9.72 Å². The fourth-order valence-corrected chi connectivity index (χ4v) is 3.94. The van der Waals surface area contributed by atoms with Crippen molar-refractivity contribution in [3.8, 4) is 0 Å². The van der Waals surface area contributed by atoms with Crippen LogP contribution in [-0.4, -0.2) is 22.3 Å². The van der Waals surface area contributed by atoms with Crippen molar-refractivity contribution in [2.75, 3.05) is 7.11 Å². The Labute approximate surface area is 129 Å². The predicted molar refractivity (Wildman–Crippen MR) is 81.4 cm³/mol. The van der Waals surface area contributed by atoms with E-state index in [4.69, 9.17) is 4.78 Å². The van der Waals surface area contributed by atoms with Gasteiger partial charge in [-0.15, -0.1) is 0 Å². The van der Waals surface area contributed by atoms with Crippen molar-refractivity contribution in [3.63, 3.8) is 0 Å². The van der Waals surface area contributed by atoms with Gasteiger partial charge in [-0.2, -0.15) is 0 Å². The van der Waals surface area contributed by atoms with Crippen LogP contribution in [0.4, 0.5) is 0 Å². The summed E-state index contributed by atoms with van der Waals surface area (Å²) < 4.78 is 26.0. The quantitative estimate of drug-likeness (QED) is 0.878. The SMILES string of the molecule is COC(=O)c1ccc(S(=N)(=O)c2cnccc2C2CC2)cc1. The topological polar surface area (TPSA) is 80.1 Å². The van der Waals surface area contributed by atoms with E-state index in [-0.39, 0.29) is 0 Å². The smallest absolute Gasteiger partial charge is 0.337 e. The number of carbonyl (C=O) groups is 1. The molecule has 1 aliphatic carbocycles. The van der Waals surface area contributed by atoms with Crippen LogP contribution in [0.15, 0.2) is 52.5 Å². The molecule has 1 saturated carbocycles. The highest BCUT2D eigenvalue weighted by Gasteiger charge is 2.29. The van der Waals surface area contributed by atoms with Crippen LogP contribution in [0.2, 0.25) is 0 Å². The first kappa shape index (κ1) is 14.7. The lowest BCUT2D eigenvalue weighted by molar-refractivity contribution is 0.0600. The van der Waals surface area contributed by atoms with Crippen LogP contribution in [0, 0.1) is 4.78 Å². The first-order chi connectivity index (χ1) is 10.5. The van der Waals surface area contributed by atoms with Crippen molar-refractivity contribution in [2.24, 2.45) is 0 Å². The number of benzene rings is 1. The summed E-state index contributed by atoms with van der Waals surface area (Å²) in [6.07, 6.45) is 5.33. The van der Waals surface area contributed by atoms with Gasteiger partial charge in [0.15, 0.2) is 0 Å². The molecule has 0 radical (unpaired) electrons. The van der Waals surface area contributed by atoms with Gasteiger partial charge in [0.1, 0.15) is 9.73 Å². The number of pyridine rings is 1. The molecule has 0 saturated heterocycles. The number of aromatic nitrogens is 1. The summed E-state index contributed by atoms with van der Waals surface area (Å²) >= 11 is 0. The highest BCUT2D eigenvalue weighted by atomic mass is 32.2. The van der Waals surface area contributed by atoms with Crippen molar-refractivity contribution in [3.05, 3.63) is 53.9 Å². The van der Waals surface area contributed by atoms with E-state index < -0.39 is 15.7 Å². The lowest BCUT2D eigenvalue weighted by atomic mass is 10.2. The van der Waals surface area contributed by atoms with Crippen LogP contribution in [0.1, 0.15) is 34.7 Å². The number of nitrogens with zero attached hydrogens (tertiary/aromatic N) is 1. The van der Waals surface area contributed by atoms with Crippen LogP contribution in [-0.2, 0) is 14.5 Å². The molecule has 1 fully saturated rings. The highest BCUT2D eigenvalue weighted by Crippen LogP contribution is 2.43. The molecule has 0 aliphatic heterocycles. The molecule has 2 aromatic rings. The van der Waals surface area contributed by atoms with Crippen LogP contribution < -0.4 is 0 Å². The second kappa shape index (κ2) is 5.53. The highest BCUT2D eigenvalue weighted by molar-refractivity contribution is 7.92. The maximum Gasteiger partial charge on any atom is 0.337 e. The van der Waals surface area contributed by atoms with Gasteiger partial charge in [-0.1, -0.05) is 0 Å². The Bertz CT molecular complexity index is 810. The lowest BCUT2D eigenvalue weighted by Gasteiger charge is -2.12. The summed E-state index contributed by atoms with van der Waals surface area (Å²) in [6.45, 7) is 0. The molecule has 1 aliphatic rings. The molecule has 1 aromatic heterocycles. The van der Waals surface area contributed by atoms with Crippen molar-refractivity contribution in [1.82, 2.24) is 4.98 Å². The Hall–Kier alpha value is -2.21. The van der Waals surface area contributed by atoms with Crippen molar-refractivity contribution in [1.29, 1.82) is 4.78 Å². The van der Waals surface area contributed by atoms with Crippen LogP contribution in [0.25, 0.3) is 0 Å². The Morgan fingerprint density at radius 2 is 1.95 bits per heavy atom. The van der Waals surface area contributed by atoms with Crippen molar-refractivity contribution >= 4 is 15.7 Å². The number of nitrogens with one attached hydrogen (secondary N) is 1. The second-order valence-corrected chi connectivity index (χ2v) is 7.28. The van der Waals surface area contributed by atoms with E-state index in [1.165, 1.54) is 25.4 Å². The number of rotatable bonds is 4. The Morgan fingerprint density at radius 1 is 1.27 bits per heavy atom. The monoisotopic (exact) mass is 316 g/mol. The molecule has 1 heterocycles. The van der Waals surface area contributed by atoms with Gasteiger partial charge in [-0.25, -0.2) is 13.8 Å². The van der Waals surface area contributed by atoms with E-state index in [0.717, 1.165) is 18.4 Å². The fourth-order valence-electron chi connectivity index (χ4n) is 2.39. The fraction of sp³-hybridized carbons (Fsp3) is 0.250. The molecule has 114 valence electrons. The van der Waals surface area contributed by atoms with Crippen molar-refractivity contribution in [2.45, 2.75) is 28.6 Å². The Kier molecular flexibility index (Phi) is 3.70. The van der Waals surface area contributed by atoms with Gasteiger partial charge in [0.05, 0.1) is 22.5 Å². The zero-order valence-corrected chi connectivity index (χ0v) is 12.9. The van der Waals surface area contributed by atoms with Gasteiger partial charge in [0.25, 0.3) is 0 Å². The molecular weight excluding hydrogens is 300 g/mol. The maximum absolute atomic E-state index is 13.0. The van der Waals surface area contributed by atoms with Gasteiger partial charge in [-0.3, -0.25) is 4.98 Å². The standard InChI is InChI=1S/C16H16N2O3S/c1-21-16(19)12-4-6-13(7-5-12)22(17,20)15-10-18-9-8-14(15)11-2-3-11/h4-11,17H,2-3H2,1H3. The number of ether oxygens (including phenoxy) is 1. The third kappa shape index (κ3) is 2.62. The molecule has 1 aromatic carbocycles. The molecule has 0 spiro atoms. The minimum atomic E-state index is -3.14. The summed E-state index contributed by atoms with van der Waals surface area (Å²) in [5.74, 6) is -0.0680. The molecule has 1 atom stereocenters. The van der Waals surface area contributed by atoms with Gasteiger partial charge in [0, 0.05) is 12.4 Å². The third-order valence-corrected chi connectivity index (χ3v) is 5.65. The molecule has 0 amide bonds. The molecule has 6 heteroatoms. The zero-order chi connectivity index (χ0) is 15.7. The summed E-state index contributed by atoms with van der Waals surface area (Å²) in [5.41, 5.74) is 1.32. The third-order valence-electron chi connectivity index (χ3n) is 3.75. The van der Waals surface area contributed by atoms with E-state index in [1.807, 2.05) is 6.07 Å². The normalized spacial score (nSPS) is 16.8. The van der Waals surface area contributed by atoms with E-state index in [0.29, 0.717) is 21.3 Å². The minimum Gasteiger partial charge on any atom is -0.465 e. The maximum atomic E-state index is 13.0. The molecule has 1 unspecified atom stereocenters. The average Bonchev–Trinajstić information content (AvgIpc) is 3.39. The van der Waals surface area contributed by atoms with Crippen LogP contribution in [0.5, 0.6) is 0 Å². The van der Waals surface area contributed by atoms with Gasteiger partial charge < -0.3 is 4.74 Å². The van der Waals surface area contributed by atoms with E-state index in [1.54, 1.807) is 18.3 Å². The minimum absolute atomic E-state index is 0.370. The first-order valence-corrected chi connectivity index (χ1v) is 8.51. The van der Waals surface area contributed by atoms with E-state index >= 15 is 0 Å². The van der Waals surface area contributed by atoms with Crippen LogP contribution >= 0.6 is 0 Å². The summed E-state index contributed by atoms with van der Waals surface area (Å²) in [7, 11) is -1.83. The Balaban J connectivity index is 2.01. The summed E-state index contributed by atoms with van der Waals surface area (Å²) in [5, 5.41) is 0. The number of hydrogen-bond donors (Lipinski definition) is 1. The Morgan fingerprint density at radius 3 is 2.55 bits per heavy atom. The molecular formula is C16H16N2O3S. The number of methoxy groups -OCH3 is 1. The molecule has 5 nitrogen and oxygen atoms in total. The number of esters is 1. The molecule has 22 heavy (non-hydrogen) atoms. The average molecular weight is 316 g/mol. The van der Waals surface area contributed by atoms with Crippen LogP contribution in [0.3, 0.4) is 0 Å². The van der Waals surface area contributed by atoms with Gasteiger partial charge in [-0.05, 0) is 54.7 Å². The van der Waals surface area contributed by atoms with Gasteiger partial charge in [0.2, 0.25) is 0 Å². The lowest BCUT2D eigenvalue weighted by Crippen LogP contribution is -2.06. The van der Waals surface area contributed by atoms with E-state index in [9.17, 15) is 9.00 Å². The second-order valence-electron chi connectivity index (χ2n) is 5.26. The zero-order valence-electron chi connectivity index (χ0n) is 12.1. The first-order valence-electron chi connectivity index (χ1n) is 6.95. The largest absolute Gasteiger partial charge is 0.465 e. The molecule has 3 rings (SSSR count). The summed E-state index contributed by atoms with van der Waals surface area (Å²) in [6, 6.07) is 8.01.